The van der Waals surface area contributed by atoms with Crippen molar-refractivity contribution in [2.45, 2.75) is 45.3 Å². The van der Waals surface area contributed by atoms with Crippen LogP contribution in [0.3, 0.4) is 0 Å². The van der Waals surface area contributed by atoms with Gasteiger partial charge < -0.3 is 15.7 Å². The molecule has 0 aromatic carbocycles. The monoisotopic (exact) mass is 214 g/mol. The number of carbonyl (C=O) groups is 1. The first-order chi connectivity index (χ1) is 6.93. The Labute approximate surface area is 91.4 Å². The Morgan fingerprint density at radius 1 is 1.47 bits per heavy atom. The maximum absolute atomic E-state index is 11.9. The van der Waals surface area contributed by atoms with Crippen LogP contribution in [0, 0.1) is 5.92 Å². The van der Waals surface area contributed by atoms with Crippen LogP contribution in [-0.4, -0.2) is 35.7 Å². The van der Waals surface area contributed by atoms with E-state index in [2.05, 4.69) is 10.6 Å². The molecule has 1 fully saturated rings. The summed E-state index contributed by atoms with van der Waals surface area (Å²) < 4.78 is 0. The van der Waals surface area contributed by atoms with E-state index in [1.807, 2.05) is 13.8 Å². The predicted molar refractivity (Wildman–Crippen MR) is 59.5 cm³/mol. The van der Waals surface area contributed by atoms with Gasteiger partial charge in [0.05, 0.1) is 11.6 Å². The van der Waals surface area contributed by atoms with Crippen molar-refractivity contribution in [1.29, 1.82) is 0 Å². The predicted octanol–water partition coefficient (Wildman–Crippen LogP) is 0.262. The molecule has 0 radical (unpaired) electrons. The number of carbonyl (C=O) groups excluding carboxylic acids is 1. The number of hydrogen-bond donors (Lipinski definition) is 3. The lowest BCUT2D eigenvalue weighted by Gasteiger charge is -2.32. The highest BCUT2D eigenvalue weighted by Crippen LogP contribution is 2.15. The molecule has 3 N–H and O–H groups in total. The van der Waals surface area contributed by atoms with E-state index in [9.17, 15) is 9.90 Å². The average Bonchev–Trinajstić information content (AvgIpc) is 2.18. The van der Waals surface area contributed by atoms with Gasteiger partial charge in [0.25, 0.3) is 0 Å². The molecule has 1 rings (SSSR count). The van der Waals surface area contributed by atoms with E-state index in [0.29, 0.717) is 0 Å². The average molecular weight is 214 g/mol. The Hall–Kier alpha value is -0.610. The fourth-order valence-corrected chi connectivity index (χ4v) is 1.61. The van der Waals surface area contributed by atoms with E-state index in [0.717, 1.165) is 25.9 Å². The zero-order valence-electron chi connectivity index (χ0n) is 9.84. The van der Waals surface area contributed by atoms with Crippen LogP contribution in [0.4, 0.5) is 0 Å². The summed E-state index contributed by atoms with van der Waals surface area (Å²) in [5, 5.41) is 15.6. The topological polar surface area (TPSA) is 61.4 Å². The third-order valence-electron chi connectivity index (χ3n) is 3.20. The second-order valence-corrected chi connectivity index (χ2v) is 4.91. The quantitative estimate of drug-likeness (QED) is 0.631. The third kappa shape index (κ3) is 3.47. The van der Waals surface area contributed by atoms with Gasteiger partial charge in [-0.05, 0) is 46.7 Å². The molecule has 4 nitrogen and oxygen atoms in total. The van der Waals surface area contributed by atoms with Crippen molar-refractivity contribution < 1.29 is 9.90 Å². The van der Waals surface area contributed by atoms with Gasteiger partial charge in [-0.15, -0.1) is 0 Å². The number of nitrogens with one attached hydrogen (secondary N) is 2. The molecule has 0 spiro atoms. The first-order valence-electron chi connectivity index (χ1n) is 5.64. The number of rotatable bonds is 3. The summed E-state index contributed by atoms with van der Waals surface area (Å²) in [6.45, 7) is 7.20. The second kappa shape index (κ2) is 4.94. The van der Waals surface area contributed by atoms with Crippen molar-refractivity contribution >= 4 is 5.91 Å². The first kappa shape index (κ1) is 12.5. The van der Waals surface area contributed by atoms with E-state index < -0.39 is 11.6 Å². The van der Waals surface area contributed by atoms with Crippen LogP contribution in [0.25, 0.3) is 0 Å². The van der Waals surface area contributed by atoms with Crippen molar-refractivity contribution in [1.82, 2.24) is 10.6 Å². The van der Waals surface area contributed by atoms with Crippen LogP contribution < -0.4 is 10.6 Å². The second-order valence-electron chi connectivity index (χ2n) is 4.91. The van der Waals surface area contributed by atoms with Gasteiger partial charge in [-0.25, -0.2) is 0 Å². The molecule has 1 amide bonds. The molecule has 1 aliphatic rings. The Kier molecular flexibility index (Phi) is 4.11. The summed E-state index contributed by atoms with van der Waals surface area (Å²) in [5.74, 6) is 0.173. The van der Waals surface area contributed by atoms with Gasteiger partial charge in [0.2, 0.25) is 5.91 Å². The summed E-state index contributed by atoms with van der Waals surface area (Å²) in [7, 11) is 0. The Morgan fingerprint density at radius 2 is 2.00 bits per heavy atom. The summed E-state index contributed by atoms with van der Waals surface area (Å²) in [6, 6.07) is 0. The molecule has 0 saturated carbocycles. The molecule has 1 aliphatic heterocycles. The van der Waals surface area contributed by atoms with Crippen LogP contribution in [0.2, 0.25) is 0 Å². The van der Waals surface area contributed by atoms with Crippen molar-refractivity contribution in [3.8, 4) is 0 Å². The van der Waals surface area contributed by atoms with E-state index in [4.69, 9.17) is 0 Å². The van der Waals surface area contributed by atoms with E-state index in [-0.39, 0.29) is 11.8 Å². The van der Waals surface area contributed by atoms with Crippen molar-refractivity contribution in [2.24, 2.45) is 5.92 Å². The van der Waals surface area contributed by atoms with Gasteiger partial charge >= 0.3 is 0 Å². The molecule has 1 atom stereocenters. The van der Waals surface area contributed by atoms with Crippen LogP contribution in [-0.2, 0) is 4.79 Å². The highest BCUT2D eigenvalue weighted by molar-refractivity contribution is 5.79. The Bertz CT molecular complexity index is 221. The zero-order valence-corrected chi connectivity index (χ0v) is 9.84. The SMILES string of the molecule is CC(O)C(C)(C)NC(=O)C1CCNCC1. The number of amides is 1. The van der Waals surface area contributed by atoms with Gasteiger partial charge in [-0.1, -0.05) is 0 Å². The summed E-state index contributed by atoms with van der Waals surface area (Å²) >= 11 is 0. The molecule has 0 bridgehead atoms. The number of hydrogen-bond acceptors (Lipinski definition) is 3. The lowest BCUT2D eigenvalue weighted by molar-refractivity contribution is -0.128. The van der Waals surface area contributed by atoms with Crippen LogP contribution >= 0.6 is 0 Å². The molecular weight excluding hydrogens is 192 g/mol. The standard InChI is InChI=1S/C11H22N2O2/c1-8(14)11(2,3)13-10(15)9-4-6-12-7-5-9/h8-9,12,14H,4-7H2,1-3H3,(H,13,15). The Morgan fingerprint density at radius 3 is 2.47 bits per heavy atom. The maximum Gasteiger partial charge on any atom is 0.223 e. The maximum atomic E-state index is 11.9. The highest BCUT2D eigenvalue weighted by atomic mass is 16.3. The largest absolute Gasteiger partial charge is 0.391 e. The van der Waals surface area contributed by atoms with E-state index in [1.165, 1.54) is 0 Å². The summed E-state index contributed by atoms with van der Waals surface area (Å²) in [5.41, 5.74) is -0.540. The Balaban J connectivity index is 2.47. The van der Waals surface area contributed by atoms with Gasteiger partial charge in [0, 0.05) is 5.92 Å². The molecule has 15 heavy (non-hydrogen) atoms. The van der Waals surface area contributed by atoms with Crippen molar-refractivity contribution in [2.75, 3.05) is 13.1 Å². The summed E-state index contributed by atoms with van der Waals surface area (Å²) in [4.78, 5) is 11.9. The molecule has 1 saturated heterocycles. The first-order valence-corrected chi connectivity index (χ1v) is 5.64. The lowest BCUT2D eigenvalue weighted by Crippen LogP contribution is -2.53. The molecule has 0 aromatic rings. The molecule has 1 heterocycles. The molecule has 1 unspecified atom stereocenters. The van der Waals surface area contributed by atoms with E-state index in [1.54, 1.807) is 6.92 Å². The molecule has 0 aliphatic carbocycles. The fraction of sp³-hybridized carbons (Fsp3) is 0.909. The minimum atomic E-state index is -0.540. The molecule has 4 heteroatoms. The van der Waals surface area contributed by atoms with Crippen molar-refractivity contribution in [3.05, 3.63) is 0 Å². The van der Waals surface area contributed by atoms with Gasteiger partial charge in [0.1, 0.15) is 0 Å². The zero-order chi connectivity index (χ0) is 11.5. The lowest BCUT2D eigenvalue weighted by atomic mass is 9.93. The molecular formula is C11H22N2O2. The normalized spacial score (nSPS) is 21.1. The fourth-order valence-electron chi connectivity index (χ4n) is 1.61. The molecule has 0 aromatic heterocycles. The number of piperidine rings is 1. The smallest absolute Gasteiger partial charge is 0.223 e. The summed E-state index contributed by atoms with van der Waals surface area (Å²) in [6.07, 6.45) is 1.24. The van der Waals surface area contributed by atoms with Crippen LogP contribution in [0.5, 0.6) is 0 Å². The van der Waals surface area contributed by atoms with Gasteiger partial charge in [-0.2, -0.15) is 0 Å². The minimum absolute atomic E-state index is 0.0717. The van der Waals surface area contributed by atoms with Crippen LogP contribution in [0.1, 0.15) is 33.6 Å². The van der Waals surface area contributed by atoms with Crippen molar-refractivity contribution in [3.63, 3.8) is 0 Å². The third-order valence-corrected chi connectivity index (χ3v) is 3.20. The number of aliphatic hydroxyl groups excluding tert-OH is 1. The number of aliphatic hydroxyl groups is 1. The highest BCUT2D eigenvalue weighted by Gasteiger charge is 2.29. The molecule has 88 valence electrons. The van der Waals surface area contributed by atoms with Gasteiger partial charge in [0.15, 0.2) is 0 Å². The van der Waals surface area contributed by atoms with Crippen LogP contribution in [0.15, 0.2) is 0 Å². The van der Waals surface area contributed by atoms with Gasteiger partial charge in [-0.3, -0.25) is 4.79 Å². The van der Waals surface area contributed by atoms with E-state index >= 15 is 0 Å². The minimum Gasteiger partial charge on any atom is -0.391 e.